The van der Waals surface area contributed by atoms with Gasteiger partial charge >= 0.3 is 142 Å². The molecule has 0 aliphatic heterocycles. The van der Waals surface area contributed by atoms with Crippen LogP contribution in [-0.2, 0) is 0 Å². The van der Waals surface area contributed by atoms with E-state index >= 15 is 0 Å². The van der Waals surface area contributed by atoms with Gasteiger partial charge in [-0.1, -0.05) is 0 Å². The third kappa shape index (κ3) is 17.6. The molecule has 0 aliphatic carbocycles. The second-order valence-electron chi connectivity index (χ2n) is 0. The number of hydrogen-bond donors (Lipinski definition) is 0. The van der Waals surface area contributed by atoms with E-state index in [1.54, 1.807) is 0 Å². The summed E-state index contributed by atoms with van der Waals surface area (Å²) in [5.74, 6) is 0. The normalized spacial score (nSPS) is 0. The van der Waals surface area contributed by atoms with Crippen LogP contribution in [-0.4, -0.2) is 142 Å². The van der Waals surface area contributed by atoms with Crippen molar-refractivity contribution < 1.29 is 0 Å². The Kier molecular flexibility index (Phi) is 148. The molecule has 0 N–H and O–H groups in total. The van der Waals surface area contributed by atoms with Crippen LogP contribution >= 0.6 is 9.90 Å². The Morgan fingerprint density at radius 3 is 1.00 bits per heavy atom. The summed E-state index contributed by atoms with van der Waals surface area (Å²) in [6.07, 6.45) is 0. The fourth-order valence-corrected chi connectivity index (χ4v) is 0. The predicted molar refractivity (Wildman–Crippen MR) is 42.5 cm³/mol. The maximum atomic E-state index is 0. The summed E-state index contributed by atoms with van der Waals surface area (Å²) < 4.78 is 0. The van der Waals surface area contributed by atoms with Crippen LogP contribution in [0, 0.1) is 0 Å². The van der Waals surface area contributed by atoms with E-state index in [0.29, 0.717) is 0 Å². The zero-order chi connectivity index (χ0) is 0. The number of rotatable bonds is 0. The van der Waals surface area contributed by atoms with Crippen LogP contribution in [0.15, 0.2) is 0 Å². The minimum atomic E-state index is 0. The van der Waals surface area contributed by atoms with Gasteiger partial charge in [0, 0.05) is 0 Å². The molecule has 0 spiro atoms. The van der Waals surface area contributed by atoms with Crippen molar-refractivity contribution in [2.24, 2.45) is 0 Å². The molecule has 1 atom stereocenters. The molecule has 0 rings (SSSR count). The van der Waals surface area contributed by atoms with Gasteiger partial charge in [-0.05, 0) is 0 Å². The SMILES string of the molecule is P.[CaH2].[KH].[MgH2].[NaH]. The molecule has 0 saturated carbocycles. The Labute approximate surface area is 147 Å². The van der Waals surface area contributed by atoms with Crippen LogP contribution in [0.1, 0.15) is 0 Å². The molecule has 0 aliphatic rings. The van der Waals surface area contributed by atoms with Gasteiger partial charge in [-0.15, -0.1) is 0 Å². The molecule has 0 amide bonds. The van der Waals surface area contributed by atoms with E-state index in [9.17, 15) is 0 Å². The maximum absolute atomic E-state index is 0. The molecule has 5 heteroatoms. The summed E-state index contributed by atoms with van der Waals surface area (Å²) in [4.78, 5) is 0. The molecule has 0 aromatic carbocycles. The molecule has 0 bridgehead atoms. The van der Waals surface area contributed by atoms with Crippen LogP contribution in [0.3, 0.4) is 0 Å². The third-order valence-corrected chi connectivity index (χ3v) is 0. The Morgan fingerprint density at radius 2 is 1.00 bits per heavy atom. The Balaban J connectivity index is 0. The molecule has 0 radical (unpaired) electrons. The van der Waals surface area contributed by atoms with Gasteiger partial charge in [0.25, 0.3) is 0 Å². The van der Waals surface area contributed by atoms with E-state index in [2.05, 4.69) is 0 Å². The first-order valence-electron chi connectivity index (χ1n) is 0. The summed E-state index contributed by atoms with van der Waals surface area (Å²) in [5.41, 5.74) is 0. The zero-order valence-electron chi connectivity index (χ0n) is 0.707. The minimum absolute atomic E-state index is 0. The molecule has 0 saturated heterocycles. The van der Waals surface area contributed by atoms with Crippen LogP contribution < -0.4 is 0 Å². The molecule has 20 valence electrons. The van der Waals surface area contributed by atoms with Crippen molar-refractivity contribution in [3.8, 4) is 0 Å². The topological polar surface area (TPSA) is 0 Å². The van der Waals surface area contributed by atoms with Crippen molar-refractivity contribution in [3.05, 3.63) is 0 Å². The monoisotopic (exact) mass is 166 g/mol. The first-order valence-corrected chi connectivity index (χ1v) is 0. The second-order valence-corrected chi connectivity index (χ2v) is 0. The van der Waals surface area contributed by atoms with Crippen molar-refractivity contribution in [1.29, 1.82) is 0 Å². The van der Waals surface area contributed by atoms with Gasteiger partial charge in [0.05, 0.1) is 0 Å². The molecular formula is H9CaKMgNaP. The summed E-state index contributed by atoms with van der Waals surface area (Å²) in [6, 6.07) is 0. The van der Waals surface area contributed by atoms with Gasteiger partial charge in [0.15, 0.2) is 0 Å². The summed E-state index contributed by atoms with van der Waals surface area (Å²) in [7, 11) is 0. The summed E-state index contributed by atoms with van der Waals surface area (Å²) >= 11 is 0. The molecule has 0 fully saturated rings. The summed E-state index contributed by atoms with van der Waals surface area (Å²) in [6.45, 7) is 0. The van der Waals surface area contributed by atoms with Gasteiger partial charge in [0.1, 0.15) is 0 Å². The average Bonchev–Trinajstić information content (AvgIpc) is 0. The average molecular weight is 167 g/mol. The zero-order valence-corrected chi connectivity index (χ0v) is 2.12. The first kappa shape index (κ1) is 32.2. The van der Waals surface area contributed by atoms with Gasteiger partial charge in [-0.2, -0.15) is 9.90 Å². The van der Waals surface area contributed by atoms with Gasteiger partial charge in [0.2, 0.25) is 0 Å². The molecule has 0 nitrogen and oxygen atoms in total. The van der Waals surface area contributed by atoms with E-state index in [-0.39, 0.29) is 152 Å². The Morgan fingerprint density at radius 1 is 1.00 bits per heavy atom. The van der Waals surface area contributed by atoms with Crippen molar-refractivity contribution in [1.82, 2.24) is 0 Å². The molecule has 0 heterocycles. The fourth-order valence-electron chi connectivity index (χ4n) is 0. The molecule has 1 unspecified atom stereocenters. The molecular weight excluding hydrogens is 157 g/mol. The van der Waals surface area contributed by atoms with Crippen LogP contribution in [0.2, 0.25) is 0 Å². The Bertz CT molecular complexity index is 11.6. The van der Waals surface area contributed by atoms with E-state index in [0.717, 1.165) is 0 Å². The van der Waals surface area contributed by atoms with E-state index in [1.807, 2.05) is 0 Å². The van der Waals surface area contributed by atoms with Crippen molar-refractivity contribution >= 4 is 152 Å². The molecule has 0 aromatic rings. The Hall–Kier alpha value is 5.09. The third-order valence-electron chi connectivity index (χ3n) is 0. The van der Waals surface area contributed by atoms with Crippen LogP contribution in [0.25, 0.3) is 0 Å². The van der Waals surface area contributed by atoms with Gasteiger partial charge < -0.3 is 0 Å². The first-order chi connectivity index (χ1) is 0. The molecule has 0 aromatic heterocycles. The second kappa shape index (κ2) is 23.0. The van der Waals surface area contributed by atoms with Gasteiger partial charge in [-0.3, -0.25) is 0 Å². The standard InChI is InChI=1S/Ca.K.Mg.Na.H3P.6H/h;;;;1H3;;;;;;. The summed E-state index contributed by atoms with van der Waals surface area (Å²) in [5, 5.41) is 0. The van der Waals surface area contributed by atoms with Crippen molar-refractivity contribution in [2.75, 3.05) is 0 Å². The van der Waals surface area contributed by atoms with E-state index in [1.165, 1.54) is 0 Å². The van der Waals surface area contributed by atoms with E-state index < -0.39 is 0 Å². The number of hydrogen-bond acceptors (Lipinski definition) is 0. The quantitative estimate of drug-likeness (QED) is 0.265. The van der Waals surface area contributed by atoms with Gasteiger partial charge in [-0.25, -0.2) is 0 Å². The van der Waals surface area contributed by atoms with Crippen molar-refractivity contribution in [2.45, 2.75) is 0 Å². The predicted octanol–water partition coefficient (Wildman–Crippen LogP) is -3.07. The van der Waals surface area contributed by atoms with Crippen molar-refractivity contribution in [3.63, 3.8) is 0 Å². The molecule has 5 heavy (non-hydrogen) atoms. The fraction of sp³-hybridized carbons (Fsp3) is 0. The van der Waals surface area contributed by atoms with Crippen LogP contribution in [0.5, 0.6) is 0 Å². The van der Waals surface area contributed by atoms with E-state index in [4.69, 9.17) is 0 Å². The van der Waals surface area contributed by atoms with Crippen LogP contribution in [0.4, 0.5) is 0 Å².